The Labute approximate surface area is 125 Å². The number of aromatic nitrogens is 1. The maximum Gasteiger partial charge on any atom is 0.335 e. The maximum absolute atomic E-state index is 11.7. The zero-order valence-electron chi connectivity index (χ0n) is 11.3. The van der Waals surface area contributed by atoms with E-state index in [9.17, 15) is 9.59 Å². The Morgan fingerprint density at radius 1 is 1.38 bits per heavy atom. The Morgan fingerprint density at radius 3 is 2.86 bits per heavy atom. The van der Waals surface area contributed by atoms with Crippen LogP contribution in [0.1, 0.15) is 22.5 Å². The summed E-state index contributed by atoms with van der Waals surface area (Å²) in [4.78, 5) is 23.4. The van der Waals surface area contributed by atoms with Gasteiger partial charge < -0.3 is 14.9 Å². The van der Waals surface area contributed by atoms with Crippen LogP contribution >= 0.6 is 11.8 Å². The van der Waals surface area contributed by atoms with Crippen LogP contribution in [-0.4, -0.2) is 27.9 Å². The molecule has 0 saturated carbocycles. The second-order valence-corrected chi connectivity index (χ2v) is 5.47. The predicted molar refractivity (Wildman–Crippen MR) is 78.6 cm³/mol. The number of carboxylic acids is 1. The Bertz CT molecular complexity index is 654. The van der Waals surface area contributed by atoms with Crippen LogP contribution in [0.4, 0.5) is 5.82 Å². The minimum atomic E-state index is -0.961. The molecule has 0 aliphatic rings. The van der Waals surface area contributed by atoms with E-state index in [1.165, 1.54) is 17.8 Å². The molecule has 0 saturated heterocycles. The van der Waals surface area contributed by atoms with Crippen molar-refractivity contribution >= 4 is 29.5 Å². The normalized spacial score (nSPS) is 10.3. The first-order valence-corrected chi connectivity index (χ1v) is 7.22. The first kappa shape index (κ1) is 15.1. The third kappa shape index (κ3) is 4.64. The molecular formula is C14H14N2O4S. The van der Waals surface area contributed by atoms with Crippen molar-refractivity contribution in [2.45, 2.75) is 18.2 Å². The molecule has 21 heavy (non-hydrogen) atoms. The van der Waals surface area contributed by atoms with E-state index in [1.807, 2.05) is 6.07 Å². The van der Waals surface area contributed by atoms with Crippen molar-refractivity contribution in [1.29, 1.82) is 0 Å². The van der Waals surface area contributed by atoms with E-state index < -0.39 is 5.97 Å². The number of benzene rings is 1. The van der Waals surface area contributed by atoms with Crippen LogP contribution < -0.4 is 5.32 Å². The molecule has 0 aliphatic heterocycles. The summed E-state index contributed by atoms with van der Waals surface area (Å²) < 4.78 is 4.85. The molecule has 0 radical (unpaired) electrons. The van der Waals surface area contributed by atoms with E-state index >= 15 is 0 Å². The zero-order chi connectivity index (χ0) is 15.2. The first-order valence-electron chi connectivity index (χ1n) is 6.24. The highest BCUT2D eigenvalue weighted by atomic mass is 32.2. The molecule has 1 aromatic heterocycles. The summed E-state index contributed by atoms with van der Waals surface area (Å²) in [6.07, 6.45) is 0.299. The predicted octanol–water partition coefficient (Wildman–Crippen LogP) is 2.80. The van der Waals surface area contributed by atoms with Gasteiger partial charge in [-0.25, -0.2) is 4.79 Å². The number of aryl methyl sites for hydroxylation is 1. The lowest BCUT2D eigenvalue weighted by molar-refractivity contribution is -0.115. The topological polar surface area (TPSA) is 92.4 Å². The number of amides is 1. The second-order valence-electron chi connectivity index (χ2n) is 4.30. The molecule has 0 fully saturated rings. The monoisotopic (exact) mass is 306 g/mol. The average Bonchev–Trinajstić information content (AvgIpc) is 2.84. The standard InChI is InChI=1S/C14H14N2O4S/c1-9-7-12(16-20-9)15-13(17)5-6-21-11-4-2-3-10(8-11)14(18)19/h2-4,7-8H,5-6H2,1H3,(H,18,19)(H,15,16,17). The van der Waals surface area contributed by atoms with Gasteiger partial charge in [0.1, 0.15) is 5.76 Å². The summed E-state index contributed by atoms with van der Waals surface area (Å²) in [5.74, 6) is 0.452. The average molecular weight is 306 g/mol. The molecule has 1 aromatic carbocycles. The van der Waals surface area contributed by atoms with E-state index in [-0.39, 0.29) is 11.5 Å². The largest absolute Gasteiger partial charge is 0.478 e. The first-order chi connectivity index (χ1) is 10.0. The molecule has 2 rings (SSSR count). The van der Waals surface area contributed by atoms with Gasteiger partial charge >= 0.3 is 5.97 Å². The van der Waals surface area contributed by atoms with Gasteiger partial charge in [-0.2, -0.15) is 0 Å². The molecule has 6 nitrogen and oxygen atoms in total. The second kappa shape index (κ2) is 6.94. The van der Waals surface area contributed by atoms with Crippen LogP contribution in [0.2, 0.25) is 0 Å². The van der Waals surface area contributed by atoms with E-state index in [2.05, 4.69) is 10.5 Å². The molecule has 110 valence electrons. The van der Waals surface area contributed by atoms with Crippen molar-refractivity contribution in [1.82, 2.24) is 5.16 Å². The fraction of sp³-hybridized carbons (Fsp3) is 0.214. The SMILES string of the molecule is Cc1cc(NC(=O)CCSc2cccc(C(=O)O)c2)no1. The molecule has 2 N–H and O–H groups in total. The molecule has 0 aliphatic carbocycles. The van der Waals surface area contributed by atoms with Crippen molar-refractivity contribution in [3.63, 3.8) is 0 Å². The Morgan fingerprint density at radius 2 is 2.19 bits per heavy atom. The number of hydrogen-bond donors (Lipinski definition) is 2. The third-order valence-electron chi connectivity index (χ3n) is 2.57. The molecule has 0 unspecified atom stereocenters. The van der Waals surface area contributed by atoms with Crippen molar-refractivity contribution in [2.75, 3.05) is 11.1 Å². The number of hydrogen-bond acceptors (Lipinski definition) is 5. The van der Waals surface area contributed by atoms with Gasteiger partial charge in [-0.1, -0.05) is 11.2 Å². The molecule has 7 heteroatoms. The fourth-order valence-electron chi connectivity index (χ4n) is 1.61. The van der Waals surface area contributed by atoms with Crippen LogP contribution in [0, 0.1) is 6.92 Å². The summed E-state index contributed by atoms with van der Waals surface area (Å²) in [5.41, 5.74) is 0.238. The number of aromatic carboxylic acids is 1. The molecule has 0 bridgehead atoms. The van der Waals surface area contributed by atoms with Gasteiger partial charge in [0.15, 0.2) is 5.82 Å². The molecule has 1 heterocycles. The van der Waals surface area contributed by atoms with Crippen LogP contribution in [0.15, 0.2) is 39.8 Å². The third-order valence-corrected chi connectivity index (χ3v) is 3.57. The summed E-state index contributed by atoms with van der Waals surface area (Å²) in [6, 6.07) is 8.26. The van der Waals surface area contributed by atoms with Crippen molar-refractivity contribution in [3.05, 3.63) is 41.7 Å². The smallest absolute Gasteiger partial charge is 0.335 e. The van der Waals surface area contributed by atoms with Crippen LogP contribution in [0.5, 0.6) is 0 Å². The lowest BCUT2D eigenvalue weighted by Gasteiger charge is -2.03. The molecule has 2 aromatic rings. The van der Waals surface area contributed by atoms with E-state index in [4.69, 9.17) is 9.63 Å². The minimum absolute atomic E-state index is 0.162. The highest BCUT2D eigenvalue weighted by Crippen LogP contribution is 2.20. The van der Waals surface area contributed by atoms with E-state index in [1.54, 1.807) is 25.1 Å². The Kier molecular flexibility index (Phi) is 4.99. The van der Waals surface area contributed by atoms with Crippen LogP contribution in [0.25, 0.3) is 0 Å². The molecular weight excluding hydrogens is 292 g/mol. The molecule has 1 amide bonds. The Balaban J connectivity index is 1.80. The van der Waals surface area contributed by atoms with Gasteiger partial charge in [0.2, 0.25) is 5.91 Å². The number of rotatable bonds is 6. The van der Waals surface area contributed by atoms with Crippen LogP contribution in [0.3, 0.4) is 0 Å². The van der Waals surface area contributed by atoms with E-state index in [0.29, 0.717) is 23.8 Å². The highest BCUT2D eigenvalue weighted by molar-refractivity contribution is 7.99. The van der Waals surface area contributed by atoms with Crippen molar-refractivity contribution < 1.29 is 19.2 Å². The fourth-order valence-corrected chi connectivity index (χ4v) is 2.52. The Hall–Kier alpha value is -2.28. The molecule has 0 spiro atoms. The zero-order valence-corrected chi connectivity index (χ0v) is 12.1. The van der Waals surface area contributed by atoms with E-state index in [0.717, 1.165) is 4.90 Å². The van der Waals surface area contributed by atoms with Gasteiger partial charge in [0.25, 0.3) is 0 Å². The van der Waals surface area contributed by atoms with Crippen molar-refractivity contribution in [3.8, 4) is 0 Å². The van der Waals surface area contributed by atoms with Gasteiger partial charge in [0.05, 0.1) is 5.56 Å². The quantitative estimate of drug-likeness (QED) is 0.797. The minimum Gasteiger partial charge on any atom is -0.478 e. The van der Waals surface area contributed by atoms with Crippen molar-refractivity contribution in [2.24, 2.45) is 0 Å². The van der Waals surface area contributed by atoms with Crippen LogP contribution in [-0.2, 0) is 4.79 Å². The number of nitrogens with zero attached hydrogens (tertiary/aromatic N) is 1. The molecule has 0 atom stereocenters. The lowest BCUT2D eigenvalue weighted by atomic mass is 10.2. The van der Waals surface area contributed by atoms with Gasteiger partial charge in [-0.15, -0.1) is 11.8 Å². The van der Waals surface area contributed by atoms with Gasteiger partial charge in [-0.05, 0) is 25.1 Å². The number of carbonyl (C=O) groups excluding carboxylic acids is 1. The number of nitrogens with one attached hydrogen (secondary N) is 1. The number of anilines is 1. The summed E-state index contributed by atoms with van der Waals surface area (Å²) in [7, 11) is 0. The lowest BCUT2D eigenvalue weighted by Crippen LogP contribution is -2.12. The van der Waals surface area contributed by atoms with Gasteiger partial charge in [-0.3, -0.25) is 4.79 Å². The summed E-state index contributed by atoms with van der Waals surface area (Å²) in [5, 5.41) is 15.2. The highest BCUT2D eigenvalue weighted by Gasteiger charge is 2.07. The summed E-state index contributed by atoms with van der Waals surface area (Å²) in [6.45, 7) is 1.74. The number of thioether (sulfide) groups is 1. The van der Waals surface area contributed by atoms with Gasteiger partial charge in [0, 0.05) is 23.1 Å². The summed E-state index contributed by atoms with van der Waals surface area (Å²) >= 11 is 1.43. The number of carbonyl (C=O) groups is 2. The maximum atomic E-state index is 11.7. The number of carboxylic acid groups (broad SMARTS) is 1.